The molecule has 0 atom stereocenters. The van der Waals surface area contributed by atoms with Gasteiger partial charge in [0.15, 0.2) is 0 Å². The van der Waals surface area contributed by atoms with Gasteiger partial charge in [-0.15, -0.1) is 0 Å². The molecule has 0 amide bonds. The van der Waals surface area contributed by atoms with Gasteiger partial charge in [-0.05, 0) is 0 Å². The van der Waals surface area contributed by atoms with Gasteiger partial charge in [0.25, 0.3) is 0 Å². The number of hydrogen-bond acceptors (Lipinski definition) is 6. The summed E-state index contributed by atoms with van der Waals surface area (Å²) < 4.78 is 0. The van der Waals surface area contributed by atoms with E-state index in [-0.39, 0.29) is 55.3 Å². The van der Waals surface area contributed by atoms with Crippen LogP contribution in [0.4, 0.5) is 0 Å². The van der Waals surface area contributed by atoms with E-state index < -0.39 is 0 Å². The zero-order chi connectivity index (χ0) is 0. The SMILES string of the molecule is [H+].[OH-].[OH-].[OH-].[OH-].[OH-].[OH-].[Pt+4]. The van der Waals surface area contributed by atoms with Crippen LogP contribution in [0.2, 0.25) is 0 Å². The molecule has 7 heavy (non-hydrogen) atoms. The summed E-state index contributed by atoms with van der Waals surface area (Å²) >= 11 is 0. The first kappa shape index (κ1) is 1540. The zero-order valence-corrected chi connectivity index (χ0v) is 5.27. The third kappa shape index (κ3) is 635. The van der Waals surface area contributed by atoms with Gasteiger partial charge in [-0.25, -0.2) is 0 Å². The zero-order valence-electron chi connectivity index (χ0n) is 4.00. The van der Waals surface area contributed by atoms with E-state index in [1.807, 2.05) is 0 Å². The molecule has 0 bridgehead atoms. The molecule has 0 spiro atoms. The monoisotopic (exact) mass is 298 g/mol. The van der Waals surface area contributed by atoms with E-state index in [2.05, 4.69) is 0 Å². The second-order valence-electron chi connectivity index (χ2n) is 0. The maximum atomic E-state index is 0. The van der Waals surface area contributed by atoms with Crippen molar-refractivity contribution in [1.29, 1.82) is 0 Å². The van der Waals surface area contributed by atoms with Crippen LogP contribution in [0.5, 0.6) is 0 Å². The van der Waals surface area contributed by atoms with Crippen LogP contribution in [0.3, 0.4) is 0 Å². The molecule has 0 aliphatic heterocycles. The second-order valence-corrected chi connectivity index (χ2v) is 0. The molecule has 0 radical (unpaired) electrons. The molecular formula is H7O6Pt-. The Morgan fingerprint density at radius 2 is 0.429 bits per heavy atom. The largest absolute Gasteiger partial charge is 4.00 e. The molecule has 0 aromatic heterocycles. The van der Waals surface area contributed by atoms with Crippen molar-refractivity contribution in [3.05, 3.63) is 0 Å². The Balaban J connectivity index is 0. The van der Waals surface area contributed by atoms with Crippen LogP contribution in [0.25, 0.3) is 0 Å². The van der Waals surface area contributed by atoms with Crippen molar-refractivity contribution in [3.63, 3.8) is 0 Å². The molecule has 0 unspecified atom stereocenters. The normalized spacial score (nSPS) is 0. The van der Waals surface area contributed by atoms with Gasteiger partial charge in [0, 0.05) is 0 Å². The summed E-state index contributed by atoms with van der Waals surface area (Å²) in [5.41, 5.74) is 0. The van der Waals surface area contributed by atoms with E-state index in [1.165, 1.54) is 0 Å². The second kappa shape index (κ2) is 952. The van der Waals surface area contributed by atoms with Crippen LogP contribution >= 0.6 is 0 Å². The van der Waals surface area contributed by atoms with E-state index in [4.69, 9.17) is 0 Å². The minimum Gasteiger partial charge on any atom is -0.870 e. The quantitative estimate of drug-likeness (QED) is 0.555. The van der Waals surface area contributed by atoms with Gasteiger partial charge in [-0.2, -0.15) is 0 Å². The van der Waals surface area contributed by atoms with E-state index >= 15 is 0 Å². The molecule has 0 aliphatic carbocycles. The summed E-state index contributed by atoms with van der Waals surface area (Å²) in [7, 11) is 0. The molecule has 6 N–H and O–H groups in total. The van der Waals surface area contributed by atoms with E-state index in [1.54, 1.807) is 0 Å². The van der Waals surface area contributed by atoms with E-state index in [9.17, 15) is 0 Å². The van der Waals surface area contributed by atoms with Crippen LogP contribution in [0.15, 0.2) is 0 Å². The molecule has 0 heterocycles. The average Bonchev–Trinajstić information content (AvgIpc) is 0. The third-order valence-electron chi connectivity index (χ3n) is 0. The Bertz CT molecular complexity index is 8.49. The van der Waals surface area contributed by atoms with Gasteiger partial charge in [0.05, 0.1) is 0 Å². The molecule has 7 heteroatoms. The Morgan fingerprint density at radius 3 is 0.429 bits per heavy atom. The summed E-state index contributed by atoms with van der Waals surface area (Å²) in [4.78, 5) is 0. The molecule has 0 saturated carbocycles. The van der Waals surface area contributed by atoms with Crippen molar-refractivity contribution < 1.29 is 55.3 Å². The predicted octanol–water partition coefficient (Wildman–Crippen LogP) is -0.951. The van der Waals surface area contributed by atoms with Crippen LogP contribution in [0, 0.1) is 0 Å². The van der Waals surface area contributed by atoms with Crippen LogP contribution < -0.4 is 0 Å². The molecule has 0 aromatic carbocycles. The van der Waals surface area contributed by atoms with Gasteiger partial charge < -0.3 is 32.9 Å². The standard InChI is InChI=1S/6H2O.Pt/h6*1H2;/q;;;;;;+4/p-5. The van der Waals surface area contributed by atoms with Gasteiger partial charge in [-0.3, -0.25) is 0 Å². The first-order chi connectivity index (χ1) is 0. The summed E-state index contributed by atoms with van der Waals surface area (Å²) in [5, 5.41) is 0. The number of rotatable bonds is 0. The Morgan fingerprint density at radius 1 is 0.429 bits per heavy atom. The van der Waals surface area contributed by atoms with Crippen molar-refractivity contribution in [1.82, 2.24) is 0 Å². The Kier molecular flexibility index (Phi) is 210000. The summed E-state index contributed by atoms with van der Waals surface area (Å²) in [6, 6.07) is 0. The Labute approximate surface area is 56.1 Å². The van der Waals surface area contributed by atoms with Gasteiger partial charge >= 0.3 is 22.5 Å². The maximum Gasteiger partial charge on any atom is 4.00 e. The molecular weight excluding hydrogens is 291 g/mol. The van der Waals surface area contributed by atoms with Crippen LogP contribution in [-0.2, 0) is 21.1 Å². The molecule has 0 aromatic rings. The summed E-state index contributed by atoms with van der Waals surface area (Å²) in [6.07, 6.45) is 0. The average molecular weight is 298 g/mol. The molecule has 0 saturated heterocycles. The smallest absolute Gasteiger partial charge is 0.870 e. The predicted molar refractivity (Wildman–Crippen MR) is 12.7 cm³/mol. The van der Waals surface area contributed by atoms with Gasteiger partial charge in [0.1, 0.15) is 0 Å². The van der Waals surface area contributed by atoms with Crippen LogP contribution in [0.1, 0.15) is 1.43 Å². The van der Waals surface area contributed by atoms with Crippen molar-refractivity contribution in [2.45, 2.75) is 0 Å². The number of hydrogen-bond donors (Lipinski definition) is 0. The molecule has 6 nitrogen and oxygen atoms in total. The first-order valence-corrected chi connectivity index (χ1v) is 0. The minimum absolute atomic E-state index is 0. The van der Waals surface area contributed by atoms with Crippen molar-refractivity contribution in [2.24, 2.45) is 0 Å². The Hall–Kier alpha value is 0.448. The maximum absolute atomic E-state index is 0. The van der Waals surface area contributed by atoms with Crippen LogP contribution in [-0.4, -0.2) is 32.9 Å². The molecule has 0 aliphatic rings. The van der Waals surface area contributed by atoms with Gasteiger partial charge in [-0.1, -0.05) is 0 Å². The fourth-order valence-corrected chi connectivity index (χ4v) is 0. The van der Waals surface area contributed by atoms with Crippen molar-refractivity contribution >= 4 is 0 Å². The minimum atomic E-state index is 0. The third-order valence-corrected chi connectivity index (χ3v) is 0. The van der Waals surface area contributed by atoms with E-state index in [0.717, 1.165) is 0 Å². The van der Waals surface area contributed by atoms with E-state index in [0.29, 0.717) is 0 Å². The molecule has 0 rings (SSSR count). The molecule has 54 valence electrons. The fraction of sp³-hybridized carbons (Fsp3) is 0. The summed E-state index contributed by atoms with van der Waals surface area (Å²) in [5.74, 6) is 0. The summed E-state index contributed by atoms with van der Waals surface area (Å²) in [6.45, 7) is 0. The first-order valence-electron chi connectivity index (χ1n) is 0. The topological polar surface area (TPSA) is 180 Å². The fourth-order valence-electron chi connectivity index (χ4n) is 0. The molecule has 0 fully saturated rings. The van der Waals surface area contributed by atoms with Gasteiger partial charge in [0.2, 0.25) is 0 Å². The van der Waals surface area contributed by atoms with Crippen molar-refractivity contribution in [3.8, 4) is 0 Å². The van der Waals surface area contributed by atoms with Crippen molar-refractivity contribution in [2.75, 3.05) is 0 Å².